The van der Waals surface area contributed by atoms with Crippen molar-refractivity contribution in [1.29, 1.82) is 0 Å². The molecule has 0 aliphatic heterocycles. The van der Waals surface area contributed by atoms with E-state index in [0.29, 0.717) is 0 Å². The summed E-state index contributed by atoms with van der Waals surface area (Å²) in [5.74, 6) is 0.561. The molecular formula is C12H11BN4O6. The molecule has 2 aromatic carbocycles. The van der Waals surface area contributed by atoms with Gasteiger partial charge in [-0.1, -0.05) is 0 Å². The van der Waals surface area contributed by atoms with Crippen LogP contribution in [0.25, 0.3) is 0 Å². The lowest BCUT2D eigenvalue weighted by Gasteiger charge is -2.08. The van der Waals surface area contributed by atoms with Gasteiger partial charge in [-0.2, -0.15) is 0 Å². The molecule has 0 fully saturated rings. The minimum Gasteiger partial charge on any atom is -0.528 e. The predicted molar refractivity (Wildman–Crippen MR) is 83.4 cm³/mol. The van der Waals surface area contributed by atoms with Crippen LogP contribution in [0.3, 0.4) is 0 Å². The summed E-state index contributed by atoms with van der Waals surface area (Å²) in [5, 5.41) is 21.3. The number of nitro groups is 2. The van der Waals surface area contributed by atoms with Crippen molar-refractivity contribution in [3.8, 4) is 11.5 Å². The van der Waals surface area contributed by atoms with Gasteiger partial charge in [-0.15, -0.1) is 0 Å². The van der Waals surface area contributed by atoms with E-state index in [0.717, 1.165) is 0 Å². The van der Waals surface area contributed by atoms with Gasteiger partial charge in [-0.05, 0) is 12.1 Å². The van der Waals surface area contributed by atoms with Crippen LogP contribution in [0.5, 0.6) is 11.5 Å². The van der Waals surface area contributed by atoms with Crippen LogP contribution < -0.4 is 20.8 Å². The lowest BCUT2D eigenvalue weighted by molar-refractivity contribution is -0.384. The first-order valence-corrected chi connectivity index (χ1v) is 6.22. The Hall–Kier alpha value is -3.50. The van der Waals surface area contributed by atoms with Crippen molar-refractivity contribution in [2.75, 3.05) is 11.5 Å². The number of hydrogen-bond acceptors (Lipinski definition) is 8. The zero-order valence-electron chi connectivity index (χ0n) is 11.7. The second kappa shape index (κ2) is 6.51. The molecule has 0 saturated heterocycles. The van der Waals surface area contributed by atoms with E-state index in [1.807, 2.05) is 0 Å². The van der Waals surface area contributed by atoms with Gasteiger partial charge in [0.15, 0.2) is 0 Å². The van der Waals surface area contributed by atoms with Crippen molar-refractivity contribution in [2.24, 2.45) is 0 Å². The Morgan fingerprint density at radius 2 is 1.22 bits per heavy atom. The van der Waals surface area contributed by atoms with E-state index in [1.165, 1.54) is 36.4 Å². The van der Waals surface area contributed by atoms with Crippen LogP contribution in [-0.2, 0) is 0 Å². The Bertz CT molecular complexity index is 706. The summed E-state index contributed by atoms with van der Waals surface area (Å²) in [4.78, 5) is 20.1. The average molecular weight is 318 g/mol. The third kappa shape index (κ3) is 3.78. The molecule has 0 unspecified atom stereocenters. The molecule has 2 aromatic rings. The monoisotopic (exact) mass is 318 g/mol. The molecule has 0 amide bonds. The Morgan fingerprint density at radius 3 is 1.52 bits per heavy atom. The number of anilines is 2. The smallest absolute Gasteiger partial charge is 0.528 e. The van der Waals surface area contributed by atoms with Gasteiger partial charge in [0.1, 0.15) is 22.9 Å². The van der Waals surface area contributed by atoms with Gasteiger partial charge in [0.2, 0.25) is 0 Å². The molecule has 4 N–H and O–H groups in total. The van der Waals surface area contributed by atoms with Crippen LogP contribution in [0.2, 0.25) is 0 Å². The molecule has 0 radical (unpaired) electrons. The highest BCUT2D eigenvalue weighted by molar-refractivity contribution is 6.20. The summed E-state index contributed by atoms with van der Waals surface area (Å²) in [6, 6.07) is 7.78. The van der Waals surface area contributed by atoms with Gasteiger partial charge >= 0.3 is 7.69 Å². The van der Waals surface area contributed by atoms with Crippen LogP contribution in [0.1, 0.15) is 0 Å². The number of hydrogen-bond donors (Lipinski definition) is 2. The van der Waals surface area contributed by atoms with E-state index in [9.17, 15) is 20.2 Å². The second-order valence-corrected chi connectivity index (χ2v) is 4.36. The highest BCUT2D eigenvalue weighted by Gasteiger charge is 2.13. The topological polar surface area (TPSA) is 157 Å². The minimum atomic E-state index is -0.602. The van der Waals surface area contributed by atoms with E-state index >= 15 is 0 Å². The summed E-state index contributed by atoms with van der Waals surface area (Å²) in [5.41, 5.74) is 10.5. The van der Waals surface area contributed by atoms with Crippen LogP contribution in [0.4, 0.5) is 22.7 Å². The van der Waals surface area contributed by atoms with E-state index in [4.69, 9.17) is 20.8 Å². The molecule has 0 aliphatic carbocycles. The molecule has 0 atom stereocenters. The quantitative estimate of drug-likeness (QED) is 0.350. The van der Waals surface area contributed by atoms with Crippen molar-refractivity contribution in [2.45, 2.75) is 0 Å². The second-order valence-electron chi connectivity index (χ2n) is 4.36. The number of nitro benzene ring substituents is 2. The molecule has 0 aromatic heterocycles. The van der Waals surface area contributed by atoms with Gasteiger partial charge in [0.25, 0.3) is 11.4 Å². The SMILES string of the molecule is Nc1cc(OBOc2ccc([N+](=O)[O-])c(N)c2)ccc1[N+](=O)[O-]. The van der Waals surface area contributed by atoms with Crippen LogP contribution in [0.15, 0.2) is 36.4 Å². The minimum absolute atomic E-state index is 0.0351. The number of rotatable bonds is 6. The fourth-order valence-electron chi connectivity index (χ4n) is 1.74. The maximum Gasteiger partial charge on any atom is 0.576 e. The summed E-state index contributed by atoms with van der Waals surface area (Å²) in [6.07, 6.45) is 0. The van der Waals surface area contributed by atoms with Gasteiger partial charge in [0.05, 0.1) is 9.85 Å². The standard InChI is InChI=1S/C12H11BN4O6/c14-9-5-7(1-3-11(9)16(18)19)22-13-23-8-2-4-12(17(20)21)10(15)6-8/h1-6,13H,14-15H2. The highest BCUT2D eigenvalue weighted by Crippen LogP contribution is 2.27. The zero-order chi connectivity index (χ0) is 17.0. The Balaban J connectivity index is 1.97. The molecule has 11 heteroatoms. The van der Waals surface area contributed by atoms with Crippen molar-refractivity contribution in [3.05, 3.63) is 56.6 Å². The van der Waals surface area contributed by atoms with Crippen molar-refractivity contribution < 1.29 is 19.2 Å². The first kappa shape index (κ1) is 15.9. The molecule has 0 aliphatic rings. The molecule has 0 saturated carbocycles. The predicted octanol–water partition coefficient (Wildman–Crippen LogP) is 1.39. The van der Waals surface area contributed by atoms with E-state index in [1.54, 1.807) is 0 Å². The van der Waals surface area contributed by atoms with Crippen molar-refractivity contribution in [1.82, 2.24) is 0 Å². The third-order valence-electron chi connectivity index (χ3n) is 2.84. The van der Waals surface area contributed by atoms with Crippen molar-refractivity contribution in [3.63, 3.8) is 0 Å². The summed E-state index contributed by atoms with van der Waals surface area (Å²) >= 11 is 0. The first-order valence-electron chi connectivity index (χ1n) is 6.22. The Labute approximate surface area is 130 Å². The van der Waals surface area contributed by atoms with Crippen LogP contribution in [0, 0.1) is 20.2 Å². The molecular weight excluding hydrogens is 307 g/mol. The number of benzene rings is 2. The van der Waals surface area contributed by atoms with Crippen LogP contribution in [-0.4, -0.2) is 17.5 Å². The maximum absolute atomic E-state index is 10.6. The molecule has 0 heterocycles. The molecule has 2 rings (SSSR count). The lowest BCUT2D eigenvalue weighted by atomic mass is 10.2. The number of nitrogen functional groups attached to an aromatic ring is 2. The first-order chi connectivity index (χ1) is 10.9. The maximum atomic E-state index is 10.6. The Kier molecular flexibility index (Phi) is 4.50. The van der Waals surface area contributed by atoms with E-state index < -0.39 is 9.85 Å². The van der Waals surface area contributed by atoms with Gasteiger partial charge in [-0.3, -0.25) is 20.2 Å². The van der Waals surface area contributed by atoms with Crippen molar-refractivity contribution >= 4 is 30.4 Å². The highest BCUT2D eigenvalue weighted by atomic mass is 16.6. The zero-order valence-corrected chi connectivity index (χ0v) is 11.7. The molecule has 0 spiro atoms. The number of nitrogens with two attached hydrogens (primary N) is 2. The van der Waals surface area contributed by atoms with E-state index in [2.05, 4.69) is 0 Å². The van der Waals surface area contributed by atoms with Gasteiger partial charge < -0.3 is 20.8 Å². The Morgan fingerprint density at radius 1 is 0.826 bits per heavy atom. The average Bonchev–Trinajstić information content (AvgIpc) is 2.46. The lowest BCUT2D eigenvalue weighted by Crippen LogP contribution is -2.11. The fourth-order valence-corrected chi connectivity index (χ4v) is 1.74. The van der Waals surface area contributed by atoms with E-state index in [-0.39, 0.29) is 41.9 Å². The summed E-state index contributed by atoms with van der Waals surface area (Å²) < 4.78 is 10.5. The molecule has 118 valence electrons. The largest absolute Gasteiger partial charge is 0.576 e. The molecule has 10 nitrogen and oxygen atoms in total. The normalized spacial score (nSPS) is 9.91. The van der Waals surface area contributed by atoms with Crippen LogP contribution >= 0.6 is 0 Å². The fraction of sp³-hybridized carbons (Fsp3) is 0. The summed E-state index contributed by atoms with van der Waals surface area (Å²) in [6.45, 7) is 0. The molecule has 23 heavy (non-hydrogen) atoms. The third-order valence-corrected chi connectivity index (χ3v) is 2.84. The molecule has 0 bridgehead atoms. The van der Waals surface area contributed by atoms with Gasteiger partial charge in [0, 0.05) is 24.3 Å². The van der Waals surface area contributed by atoms with Gasteiger partial charge in [-0.25, -0.2) is 0 Å². The summed E-state index contributed by atoms with van der Waals surface area (Å²) in [7, 11) is -0.228. The number of nitrogens with zero attached hydrogens (tertiary/aromatic N) is 2.